The monoisotopic (exact) mass is 360 g/mol. The van der Waals surface area contributed by atoms with Crippen LogP contribution in [0.2, 0.25) is 0 Å². The zero-order valence-electron chi connectivity index (χ0n) is 15.0. The maximum Gasteiger partial charge on any atom is 0.222 e. The van der Waals surface area contributed by atoms with Crippen molar-refractivity contribution in [2.75, 3.05) is 6.61 Å². The lowest BCUT2D eigenvalue weighted by atomic mass is 9.96. The average molecular weight is 360 g/mol. The van der Waals surface area contributed by atoms with Crippen molar-refractivity contribution in [2.24, 2.45) is 5.92 Å². The minimum atomic E-state index is -0.446. The molecule has 6 heteroatoms. The normalized spacial score (nSPS) is 25.5. The van der Waals surface area contributed by atoms with Crippen molar-refractivity contribution in [3.05, 3.63) is 35.9 Å². The molecule has 1 heterocycles. The topological polar surface area (TPSA) is 87.7 Å². The van der Waals surface area contributed by atoms with Gasteiger partial charge in [0.05, 0.1) is 25.2 Å². The molecule has 1 aromatic carbocycles. The number of amides is 2. The third-order valence-corrected chi connectivity index (χ3v) is 5.06. The maximum absolute atomic E-state index is 12.1. The lowest BCUT2D eigenvalue weighted by molar-refractivity contribution is -0.136. The highest BCUT2D eigenvalue weighted by atomic mass is 16.5. The van der Waals surface area contributed by atoms with Crippen LogP contribution >= 0.6 is 0 Å². The third kappa shape index (κ3) is 5.81. The van der Waals surface area contributed by atoms with Gasteiger partial charge in [0.2, 0.25) is 11.8 Å². The van der Waals surface area contributed by atoms with Gasteiger partial charge in [-0.2, -0.15) is 0 Å². The van der Waals surface area contributed by atoms with E-state index < -0.39 is 6.10 Å². The molecule has 0 spiro atoms. The number of carbonyl (C=O) groups is 2. The van der Waals surface area contributed by atoms with Crippen LogP contribution in [-0.2, 0) is 20.9 Å². The number of aliphatic hydroxyl groups is 1. The highest BCUT2D eigenvalue weighted by molar-refractivity contribution is 5.77. The molecule has 2 amide bonds. The molecule has 26 heavy (non-hydrogen) atoms. The lowest BCUT2D eigenvalue weighted by Gasteiger charge is -2.36. The van der Waals surface area contributed by atoms with Crippen LogP contribution in [0.1, 0.15) is 44.1 Å². The highest BCUT2D eigenvalue weighted by Crippen LogP contribution is 2.32. The molecule has 1 aliphatic carbocycles. The molecule has 0 bridgehead atoms. The van der Waals surface area contributed by atoms with E-state index in [4.69, 9.17) is 4.74 Å². The third-order valence-electron chi connectivity index (χ3n) is 5.06. The van der Waals surface area contributed by atoms with Gasteiger partial charge in [-0.1, -0.05) is 30.3 Å². The Bertz CT molecular complexity index is 603. The molecular weight excluding hydrogens is 332 g/mol. The van der Waals surface area contributed by atoms with E-state index in [1.54, 1.807) is 0 Å². The summed E-state index contributed by atoms with van der Waals surface area (Å²) in [6, 6.07) is 9.58. The summed E-state index contributed by atoms with van der Waals surface area (Å²) in [6.07, 6.45) is 3.86. The molecule has 1 aromatic rings. The Morgan fingerprint density at radius 2 is 1.81 bits per heavy atom. The summed E-state index contributed by atoms with van der Waals surface area (Å²) in [5.74, 6) is 0.513. The van der Waals surface area contributed by atoms with Crippen LogP contribution in [0.3, 0.4) is 0 Å². The second-order valence-electron chi connectivity index (χ2n) is 7.34. The molecule has 1 saturated heterocycles. The second kappa shape index (κ2) is 9.14. The van der Waals surface area contributed by atoms with Gasteiger partial charge in [0.25, 0.3) is 0 Å². The number of rotatable bonds is 8. The van der Waals surface area contributed by atoms with E-state index in [1.165, 1.54) is 0 Å². The van der Waals surface area contributed by atoms with Gasteiger partial charge < -0.3 is 20.5 Å². The molecule has 0 radical (unpaired) electrons. The Labute approximate surface area is 154 Å². The number of aliphatic hydroxyl groups excluding tert-OH is 1. The smallest absolute Gasteiger partial charge is 0.222 e. The molecule has 0 aromatic heterocycles. The van der Waals surface area contributed by atoms with Crippen LogP contribution in [0.15, 0.2) is 30.3 Å². The van der Waals surface area contributed by atoms with Gasteiger partial charge in [-0.15, -0.1) is 0 Å². The van der Waals surface area contributed by atoms with Gasteiger partial charge in [-0.3, -0.25) is 9.59 Å². The number of benzene rings is 1. The Balaban J connectivity index is 1.41. The van der Waals surface area contributed by atoms with Gasteiger partial charge in [0.1, 0.15) is 6.10 Å². The van der Waals surface area contributed by atoms with Crippen molar-refractivity contribution < 1.29 is 19.4 Å². The SMILES string of the molecule is O=C(C[C@@H]1CC[C@@H](NC(=O)CC2CC2)[C@@H](CO)O1)NCc1ccccc1. The predicted octanol–water partition coefficient (Wildman–Crippen LogP) is 1.52. The summed E-state index contributed by atoms with van der Waals surface area (Å²) in [6.45, 7) is 0.339. The first-order valence-corrected chi connectivity index (χ1v) is 9.50. The first-order chi connectivity index (χ1) is 12.6. The van der Waals surface area contributed by atoms with Crippen molar-refractivity contribution in [2.45, 2.75) is 63.3 Å². The summed E-state index contributed by atoms with van der Waals surface area (Å²) in [5, 5.41) is 15.5. The van der Waals surface area contributed by atoms with E-state index >= 15 is 0 Å². The first-order valence-electron chi connectivity index (χ1n) is 9.50. The molecule has 2 fully saturated rings. The molecule has 0 unspecified atom stereocenters. The van der Waals surface area contributed by atoms with Crippen molar-refractivity contribution >= 4 is 11.8 Å². The Hall–Kier alpha value is -1.92. The van der Waals surface area contributed by atoms with Crippen LogP contribution in [-0.4, -0.2) is 41.8 Å². The maximum atomic E-state index is 12.1. The van der Waals surface area contributed by atoms with Gasteiger partial charge in [-0.25, -0.2) is 0 Å². The Kier molecular flexibility index (Phi) is 6.63. The van der Waals surface area contributed by atoms with E-state index in [1.807, 2.05) is 30.3 Å². The Morgan fingerprint density at radius 1 is 1.04 bits per heavy atom. The summed E-state index contributed by atoms with van der Waals surface area (Å²) in [7, 11) is 0. The fraction of sp³-hybridized carbons (Fsp3) is 0.600. The lowest BCUT2D eigenvalue weighted by Crippen LogP contribution is -2.51. The minimum absolute atomic E-state index is 0.0404. The molecule has 2 aliphatic rings. The quantitative estimate of drug-likeness (QED) is 0.656. The van der Waals surface area contributed by atoms with Gasteiger partial charge in [0, 0.05) is 13.0 Å². The van der Waals surface area contributed by atoms with Gasteiger partial charge in [0.15, 0.2) is 0 Å². The van der Waals surface area contributed by atoms with Crippen LogP contribution in [0.4, 0.5) is 0 Å². The molecule has 3 N–H and O–H groups in total. The van der Waals surface area contributed by atoms with Crippen molar-refractivity contribution in [1.82, 2.24) is 10.6 Å². The van der Waals surface area contributed by atoms with Crippen LogP contribution in [0.5, 0.6) is 0 Å². The summed E-state index contributed by atoms with van der Waals surface area (Å²) >= 11 is 0. The van der Waals surface area contributed by atoms with E-state index in [0.717, 1.165) is 24.8 Å². The molecule has 1 aliphatic heterocycles. The van der Waals surface area contributed by atoms with Crippen molar-refractivity contribution in [3.63, 3.8) is 0 Å². The largest absolute Gasteiger partial charge is 0.394 e. The average Bonchev–Trinajstić information content (AvgIpc) is 3.46. The molecule has 3 rings (SSSR count). The van der Waals surface area contributed by atoms with Crippen LogP contribution < -0.4 is 10.6 Å². The fourth-order valence-corrected chi connectivity index (χ4v) is 3.37. The number of ether oxygens (including phenoxy) is 1. The molecule has 1 saturated carbocycles. The molecule has 3 atom stereocenters. The highest BCUT2D eigenvalue weighted by Gasteiger charge is 2.34. The van der Waals surface area contributed by atoms with E-state index in [-0.39, 0.29) is 37.0 Å². The number of carbonyl (C=O) groups excluding carboxylic acids is 2. The predicted molar refractivity (Wildman–Crippen MR) is 97.2 cm³/mol. The number of hydrogen-bond acceptors (Lipinski definition) is 4. The number of nitrogens with one attached hydrogen (secondary N) is 2. The van der Waals surface area contributed by atoms with Gasteiger partial charge in [-0.05, 0) is 37.2 Å². The van der Waals surface area contributed by atoms with Crippen molar-refractivity contribution in [3.8, 4) is 0 Å². The number of hydrogen-bond donors (Lipinski definition) is 3. The van der Waals surface area contributed by atoms with Crippen LogP contribution in [0, 0.1) is 5.92 Å². The van der Waals surface area contributed by atoms with E-state index in [0.29, 0.717) is 25.3 Å². The molecule has 6 nitrogen and oxygen atoms in total. The van der Waals surface area contributed by atoms with Crippen LogP contribution in [0.25, 0.3) is 0 Å². The summed E-state index contributed by atoms with van der Waals surface area (Å²) < 4.78 is 5.87. The molecule has 142 valence electrons. The van der Waals surface area contributed by atoms with E-state index in [9.17, 15) is 14.7 Å². The van der Waals surface area contributed by atoms with E-state index in [2.05, 4.69) is 10.6 Å². The first kappa shape index (κ1) is 18.9. The Morgan fingerprint density at radius 3 is 2.50 bits per heavy atom. The second-order valence-corrected chi connectivity index (χ2v) is 7.34. The zero-order valence-corrected chi connectivity index (χ0v) is 15.0. The standard InChI is InChI=1S/C20H28N2O4/c23-13-18-17(22-20(25)10-14-6-7-14)9-8-16(26-18)11-19(24)21-12-15-4-2-1-3-5-15/h1-5,14,16-18,23H,6-13H2,(H,21,24)(H,22,25)/t16-,17+,18+/m0/s1. The van der Waals surface area contributed by atoms with Gasteiger partial charge >= 0.3 is 0 Å². The van der Waals surface area contributed by atoms with Crippen molar-refractivity contribution in [1.29, 1.82) is 0 Å². The zero-order chi connectivity index (χ0) is 18.4. The minimum Gasteiger partial charge on any atom is -0.394 e. The summed E-state index contributed by atoms with van der Waals surface area (Å²) in [4.78, 5) is 24.1. The summed E-state index contributed by atoms with van der Waals surface area (Å²) in [5.41, 5.74) is 1.05. The fourth-order valence-electron chi connectivity index (χ4n) is 3.37. The molecular formula is C20H28N2O4.